The van der Waals surface area contributed by atoms with Crippen LogP contribution in [0.15, 0.2) is 12.1 Å². The van der Waals surface area contributed by atoms with Crippen LogP contribution in [-0.4, -0.2) is 0 Å². The number of halogens is 2. The van der Waals surface area contributed by atoms with Crippen LogP contribution in [0.25, 0.3) is 0 Å². The fourth-order valence-electron chi connectivity index (χ4n) is 1.28. The summed E-state index contributed by atoms with van der Waals surface area (Å²) in [6, 6.07) is 2.40. The van der Waals surface area contributed by atoms with E-state index in [1.54, 1.807) is 6.92 Å². The van der Waals surface area contributed by atoms with Gasteiger partial charge in [0.15, 0.2) is 0 Å². The van der Waals surface area contributed by atoms with E-state index >= 15 is 0 Å². The first-order valence-corrected chi connectivity index (χ1v) is 4.59. The Morgan fingerprint density at radius 1 is 1.21 bits per heavy atom. The van der Waals surface area contributed by atoms with E-state index in [0.29, 0.717) is 12.0 Å². The van der Waals surface area contributed by atoms with Gasteiger partial charge in [-0.05, 0) is 31.0 Å². The molecule has 0 saturated carbocycles. The quantitative estimate of drug-likeness (QED) is 0.634. The molecular weight excluding hydrogens is 182 g/mol. The van der Waals surface area contributed by atoms with Crippen LogP contribution in [0.3, 0.4) is 0 Å². The molecule has 0 atom stereocenters. The Labute approximate surface area is 83.0 Å². The van der Waals surface area contributed by atoms with E-state index in [-0.39, 0.29) is 11.4 Å². The van der Waals surface area contributed by atoms with Crippen molar-refractivity contribution >= 4 is 0 Å². The Balaban J connectivity index is 3.14. The van der Waals surface area contributed by atoms with Crippen molar-refractivity contribution in [1.82, 2.24) is 0 Å². The Hall–Kier alpha value is -1.36. The van der Waals surface area contributed by atoms with E-state index in [1.165, 1.54) is 6.07 Å². The maximum Gasteiger partial charge on any atom is 0.139 e. The molecule has 0 nitrogen and oxygen atoms in total. The highest BCUT2D eigenvalue weighted by Gasteiger charge is 2.07. The van der Waals surface area contributed by atoms with Crippen molar-refractivity contribution in [2.24, 2.45) is 0 Å². The molecule has 0 aliphatic heterocycles. The van der Waals surface area contributed by atoms with Crippen LogP contribution >= 0.6 is 0 Å². The minimum atomic E-state index is -0.441. The second kappa shape index (κ2) is 4.76. The highest BCUT2D eigenvalue weighted by molar-refractivity contribution is 5.38. The Bertz CT molecular complexity index is 383. The molecule has 0 aliphatic rings. The first-order valence-electron chi connectivity index (χ1n) is 4.59. The second-order valence-electron chi connectivity index (χ2n) is 3.05. The van der Waals surface area contributed by atoms with Crippen molar-refractivity contribution in [3.63, 3.8) is 0 Å². The molecule has 14 heavy (non-hydrogen) atoms. The smallest absolute Gasteiger partial charge is 0.139 e. The first-order chi connectivity index (χ1) is 6.69. The van der Waals surface area contributed by atoms with Gasteiger partial charge in [0.2, 0.25) is 0 Å². The van der Waals surface area contributed by atoms with Crippen molar-refractivity contribution in [1.29, 1.82) is 0 Å². The van der Waals surface area contributed by atoms with Crippen molar-refractivity contribution in [3.8, 4) is 11.8 Å². The van der Waals surface area contributed by atoms with E-state index in [2.05, 4.69) is 11.8 Å². The molecule has 2 heteroatoms. The SMILES string of the molecule is CC#Cc1cc(F)c(CCC)cc1F. The highest BCUT2D eigenvalue weighted by atomic mass is 19.1. The van der Waals surface area contributed by atoms with E-state index in [0.717, 1.165) is 12.5 Å². The lowest BCUT2D eigenvalue weighted by molar-refractivity contribution is 0.581. The lowest BCUT2D eigenvalue weighted by atomic mass is 10.1. The van der Waals surface area contributed by atoms with Crippen LogP contribution < -0.4 is 0 Å². The van der Waals surface area contributed by atoms with Gasteiger partial charge in [0, 0.05) is 0 Å². The Morgan fingerprint density at radius 2 is 1.93 bits per heavy atom. The van der Waals surface area contributed by atoms with Crippen molar-refractivity contribution < 1.29 is 8.78 Å². The Kier molecular flexibility index (Phi) is 3.64. The van der Waals surface area contributed by atoms with Gasteiger partial charge in [-0.3, -0.25) is 0 Å². The third-order valence-corrected chi connectivity index (χ3v) is 1.92. The number of rotatable bonds is 2. The zero-order valence-electron chi connectivity index (χ0n) is 8.32. The molecule has 1 rings (SSSR count). The first kappa shape index (κ1) is 10.7. The van der Waals surface area contributed by atoms with Gasteiger partial charge < -0.3 is 0 Å². The topological polar surface area (TPSA) is 0 Å². The number of aryl methyl sites for hydroxylation is 1. The average Bonchev–Trinajstić information content (AvgIpc) is 2.14. The van der Waals surface area contributed by atoms with Gasteiger partial charge in [-0.1, -0.05) is 19.3 Å². The summed E-state index contributed by atoms with van der Waals surface area (Å²) in [6.07, 6.45) is 1.36. The van der Waals surface area contributed by atoms with Crippen LogP contribution in [-0.2, 0) is 6.42 Å². The second-order valence-corrected chi connectivity index (χ2v) is 3.05. The van der Waals surface area contributed by atoms with Crippen molar-refractivity contribution in [2.75, 3.05) is 0 Å². The summed E-state index contributed by atoms with van der Waals surface area (Å²) in [5.74, 6) is 4.26. The molecule has 0 aliphatic carbocycles. The largest absolute Gasteiger partial charge is 0.207 e. The molecule has 0 unspecified atom stereocenters. The molecule has 1 aromatic rings. The number of hydrogen-bond donors (Lipinski definition) is 0. The zero-order valence-corrected chi connectivity index (χ0v) is 8.32. The maximum absolute atomic E-state index is 13.3. The number of benzene rings is 1. The van der Waals surface area contributed by atoms with Gasteiger partial charge in [0.05, 0.1) is 5.56 Å². The van der Waals surface area contributed by atoms with Crippen LogP contribution in [0, 0.1) is 23.5 Å². The predicted molar refractivity (Wildman–Crippen MR) is 52.9 cm³/mol. The van der Waals surface area contributed by atoms with Crippen molar-refractivity contribution in [2.45, 2.75) is 26.7 Å². The third-order valence-electron chi connectivity index (χ3n) is 1.92. The Morgan fingerprint density at radius 3 is 2.50 bits per heavy atom. The molecule has 0 saturated heterocycles. The van der Waals surface area contributed by atoms with E-state index < -0.39 is 5.82 Å². The zero-order chi connectivity index (χ0) is 10.6. The summed E-state index contributed by atoms with van der Waals surface area (Å²) in [5.41, 5.74) is 0.552. The number of hydrogen-bond acceptors (Lipinski definition) is 0. The van der Waals surface area contributed by atoms with Gasteiger partial charge in [0.1, 0.15) is 11.6 Å². The summed E-state index contributed by atoms with van der Waals surface area (Å²) < 4.78 is 26.6. The molecule has 0 N–H and O–H groups in total. The molecular formula is C12H12F2. The maximum atomic E-state index is 13.3. The summed E-state index contributed by atoms with van der Waals surface area (Å²) >= 11 is 0. The molecule has 0 radical (unpaired) electrons. The minimum Gasteiger partial charge on any atom is -0.207 e. The molecule has 0 spiro atoms. The van der Waals surface area contributed by atoms with E-state index in [9.17, 15) is 8.78 Å². The van der Waals surface area contributed by atoms with Gasteiger partial charge >= 0.3 is 0 Å². The molecule has 1 aromatic carbocycles. The fourth-order valence-corrected chi connectivity index (χ4v) is 1.28. The van der Waals surface area contributed by atoms with Gasteiger partial charge in [-0.25, -0.2) is 8.78 Å². The molecule has 0 heterocycles. The standard InChI is InChI=1S/C12H12F2/c1-3-5-9-7-12(14)10(6-4-2)8-11(9)13/h7-8H,3,5H2,1-2H3. The summed E-state index contributed by atoms with van der Waals surface area (Å²) in [6.45, 7) is 3.52. The highest BCUT2D eigenvalue weighted by Crippen LogP contribution is 2.15. The average molecular weight is 194 g/mol. The van der Waals surface area contributed by atoms with Gasteiger partial charge in [-0.2, -0.15) is 0 Å². The molecule has 0 bridgehead atoms. The van der Waals surface area contributed by atoms with Crippen LogP contribution in [0.2, 0.25) is 0 Å². The minimum absolute atomic E-state index is 0.129. The summed E-state index contributed by atoms with van der Waals surface area (Å²) in [4.78, 5) is 0. The van der Waals surface area contributed by atoms with Crippen LogP contribution in [0.4, 0.5) is 8.78 Å². The monoisotopic (exact) mass is 194 g/mol. The molecule has 0 amide bonds. The predicted octanol–water partition coefficient (Wildman–Crippen LogP) is 3.29. The molecule has 74 valence electrons. The van der Waals surface area contributed by atoms with Gasteiger partial charge in [-0.15, -0.1) is 5.92 Å². The van der Waals surface area contributed by atoms with Crippen LogP contribution in [0.5, 0.6) is 0 Å². The fraction of sp³-hybridized carbons (Fsp3) is 0.333. The van der Waals surface area contributed by atoms with Crippen molar-refractivity contribution in [3.05, 3.63) is 34.9 Å². The molecule has 0 fully saturated rings. The normalized spacial score (nSPS) is 9.43. The van der Waals surface area contributed by atoms with Crippen LogP contribution in [0.1, 0.15) is 31.4 Å². The van der Waals surface area contributed by atoms with E-state index in [4.69, 9.17) is 0 Å². The lowest BCUT2D eigenvalue weighted by Crippen LogP contribution is -1.94. The van der Waals surface area contributed by atoms with E-state index in [1.807, 2.05) is 6.92 Å². The summed E-state index contributed by atoms with van der Waals surface area (Å²) in [5, 5.41) is 0. The third kappa shape index (κ3) is 2.32. The lowest BCUT2D eigenvalue weighted by Gasteiger charge is -2.02. The van der Waals surface area contributed by atoms with Gasteiger partial charge in [0.25, 0.3) is 0 Å². The molecule has 0 aromatic heterocycles. The summed E-state index contributed by atoms with van der Waals surface area (Å²) in [7, 11) is 0.